The van der Waals surface area contributed by atoms with Gasteiger partial charge in [-0.3, -0.25) is 4.79 Å². The summed E-state index contributed by atoms with van der Waals surface area (Å²) in [6, 6.07) is 4.56. The molecule has 1 aromatic carbocycles. The van der Waals surface area contributed by atoms with Crippen LogP contribution in [0.15, 0.2) is 24.3 Å². The van der Waals surface area contributed by atoms with Gasteiger partial charge >= 0.3 is 11.9 Å². The van der Waals surface area contributed by atoms with E-state index in [0.717, 1.165) is 13.0 Å². The second-order valence-electron chi connectivity index (χ2n) is 5.25. The molecule has 1 amide bonds. The first-order chi connectivity index (χ1) is 10.5. The number of hydrogen-bond acceptors (Lipinski definition) is 4. The van der Waals surface area contributed by atoms with Gasteiger partial charge in [0.1, 0.15) is 6.04 Å². The quantitative estimate of drug-likeness (QED) is 0.599. The lowest BCUT2D eigenvalue weighted by Crippen LogP contribution is -2.49. The van der Waals surface area contributed by atoms with Crippen molar-refractivity contribution in [3.05, 3.63) is 35.4 Å². The molecule has 1 saturated heterocycles. The van der Waals surface area contributed by atoms with Crippen molar-refractivity contribution < 1.29 is 24.6 Å². The van der Waals surface area contributed by atoms with Gasteiger partial charge in [0.05, 0.1) is 11.6 Å². The summed E-state index contributed by atoms with van der Waals surface area (Å²) < 4.78 is 0. The molecule has 1 fully saturated rings. The Bertz CT molecular complexity index is 564. The fraction of sp³-hybridized carbons (Fsp3) is 0.400. The summed E-state index contributed by atoms with van der Waals surface area (Å²) in [7, 11) is 0. The van der Waals surface area contributed by atoms with Crippen LogP contribution < -0.4 is 10.6 Å². The molecule has 1 heterocycles. The number of carboxylic acid groups (broad SMARTS) is 2. The highest BCUT2D eigenvalue weighted by Crippen LogP contribution is 2.09. The van der Waals surface area contributed by atoms with Gasteiger partial charge in [0.15, 0.2) is 0 Å². The van der Waals surface area contributed by atoms with Gasteiger partial charge in [-0.25, -0.2) is 9.59 Å². The smallest absolute Gasteiger partial charge is 0.335 e. The van der Waals surface area contributed by atoms with E-state index in [1.807, 2.05) is 0 Å². The Kier molecular flexibility index (Phi) is 5.11. The second kappa shape index (κ2) is 7.04. The first-order valence-electron chi connectivity index (χ1n) is 7.06. The molecule has 118 valence electrons. The van der Waals surface area contributed by atoms with Gasteiger partial charge in [-0.1, -0.05) is 12.1 Å². The standard InChI is InChI=1S/C15H18N2O5/c18-13(11-2-1-7-16-11)17-12(15(21)22)8-9-3-5-10(6-4-9)14(19)20/h3-6,11-12,16H,1-2,7-8H2,(H,17,18)(H,19,20)(H,21,22)/t11-,12-/m0/s1. The van der Waals surface area contributed by atoms with Gasteiger partial charge in [-0.05, 0) is 37.1 Å². The SMILES string of the molecule is O=C(O)c1ccc(C[C@H](NC(=O)[C@@H]2CCCN2)C(=O)O)cc1. The zero-order valence-electron chi connectivity index (χ0n) is 11.9. The monoisotopic (exact) mass is 306 g/mol. The van der Waals surface area contributed by atoms with Crippen molar-refractivity contribution in [1.82, 2.24) is 10.6 Å². The number of rotatable bonds is 6. The summed E-state index contributed by atoms with van der Waals surface area (Å²) in [6.07, 6.45) is 1.70. The minimum atomic E-state index is -1.12. The first kappa shape index (κ1) is 16.0. The Morgan fingerprint density at radius 2 is 1.91 bits per heavy atom. The van der Waals surface area contributed by atoms with Crippen molar-refractivity contribution in [3.8, 4) is 0 Å². The van der Waals surface area contributed by atoms with E-state index in [9.17, 15) is 19.5 Å². The summed E-state index contributed by atoms with van der Waals surface area (Å²) in [5, 5.41) is 23.6. The molecular formula is C15H18N2O5. The summed E-state index contributed by atoms with van der Waals surface area (Å²) in [5.74, 6) is -2.47. The van der Waals surface area contributed by atoms with Crippen molar-refractivity contribution in [3.63, 3.8) is 0 Å². The van der Waals surface area contributed by atoms with Gasteiger partial charge in [0, 0.05) is 6.42 Å². The molecule has 2 atom stereocenters. The number of aromatic carboxylic acids is 1. The molecule has 7 nitrogen and oxygen atoms in total. The van der Waals surface area contributed by atoms with Gasteiger partial charge < -0.3 is 20.8 Å². The van der Waals surface area contributed by atoms with Gasteiger partial charge in [0.25, 0.3) is 0 Å². The molecule has 1 aliphatic rings. The molecule has 1 aliphatic heterocycles. The van der Waals surface area contributed by atoms with Crippen LogP contribution in [0.5, 0.6) is 0 Å². The summed E-state index contributed by atoms with van der Waals surface area (Å²) in [5.41, 5.74) is 0.784. The number of aliphatic carboxylic acids is 1. The molecule has 22 heavy (non-hydrogen) atoms. The normalized spacial score (nSPS) is 18.6. The van der Waals surface area contributed by atoms with E-state index < -0.39 is 18.0 Å². The van der Waals surface area contributed by atoms with Crippen LogP contribution in [-0.2, 0) is 16.0 Å². The van der Waals surface area contributed by atoms with Crippen molar-refractivity contribution in [1.29, 1.82) is 0 Å². The van der Waals surface area contributed by atoms with Crippen molar-refractivity contribution in [2.75, 3.05) is 6.54 Å². The number of carbonyl (C=O) groups is 3. The summed E-state index contributed by atoms with van der Waals surface area (Å²) >= 11 is 0. The largest absolute Gasteiger partial charge is 0.480 e. The van der Waals surface area contributed by atoms with E-state index in [-0.39, 0.29) is 23.9 Å². The van der Waals surface area contributed by atoms with Crippen LogP contribution in [0.2, 0.25) is 0 Å². The number of hydrogen-bond donors (Lipinski definition) is 4. The minimum absolute atomic E-state index is 0.105. The Morgan fingerprint density at radius 1 is 1.23 bits per heavy atom. The van der Waals surface area contributed by atoms with E-state index in [1.54, 1.807) is 12.1 Å². The average molecular weight is 306 g/mol. The molecule has 0 spiro atoms. The molecule has 0 aromatic heterocycles. The number of carboxylic acids is 2. The molecular weight excluding hydrogens is 288 g/mol. The van der Waals surface area contributed by atoms with Crippen molar-refractivity contribution in [2.45, 2.75) is 31.3 Å². The third kappa shape index (κ3) is 4.05. The van der Waals surface area contributed by atoms with Crippen LogP contribution >= 0.6 is 0 Å². The van der Waals surface area contributed by atoms with Crippen LogP contribution in [0, 0.1) is 0 Å². The molecule has 1 aromatic rings. The van der Waals surface area contributed by atoms with Crippen LogP contribution in [0.25, 0.3) is 0 Å². The summed E-state index contributed by atoms with van der Waals surface area (Å²) in [4.78, 5) is 34.1. The Labute approximate surface area is 127 Å². The predicted octanol–water partition coefficient (Wildman–Crippen LogP) is 0.249. The highest BCUT2D eigenvalue weighted by atomic mass is 16.4. The number of nitrogens with one attached hydrogen (secondary N) is 2. The summed E-state index contributed by atoms with van der Waals surface area (Å²) in [6.45, 7) is 0.756. The fourth-order valence-electron chi connectivity index (χ4n) is 2.40. The fourth-order valence-corrected chi connectivity index (χ4v) is 2.40. The van der Waals surface area contributed by atoms with Crippen LogP contribution in [0.1, 0.15) is 28.8 Å². The Balaban J connectivity index is 2.00. The molecule has 0 unspecified atom stereocenters. The maximum Gasteiger partial charge on any atom is 0.335 e. The lowest BCUT2D eigenvalue weighted by atomic mass is 10.0. The highest BCUT2D eigenvalue weighted by Gasteiger charge is 2.27. The number of amides is 1. The van der Waals surface area contributed by atoms with Crippen molar-refractivity contribution in [2.24, 2.45) is 0 Å². The van der Waals surface area contributed by atoms with Gasteiger partial charge in [-0.15, -0.1) is 0 Å². The van der Waals surface area contributed by atoms with Crippen molar-refractivity contribution >= 4 is 17.8 Å². The molecule has 4 N–H and O–H groups in total. The van der Waals surface area contributed by atoms with E-state index >= 15 is 0 Å². The molecule has 0 bridgehead atoms. The van der Waals surface area contributed by atoms with E-state index in [4.69, 9.17) is 5.11 Å². The molecule has 2 rings (SSSR count). The lowest BCUT2D eigenvalue weighted by Gasteiger charge is -2.17. The Morgan fingerprint density at radius 3 is 2.41 bits per heavy atom. The van der Waals surface area contributed by atoms with E-state index in [1.165, 1.54) is 12.1 Å². The first-order valence-corrected chi connectivity index (χ1v) is 7.06. The van der Waals surface area contributed by atoms with Crippen LogP contribution in [0.3, 0.4) is 0 Å². The molecule has 0 radical (unpaired) electrons. The second-order valence-corrected chi connectivity index (χ2v) is 5.25. The highest BCUT2D eigenvalue weighted by molar-refractivity contribution is 5.88. The van der Waals surface area contributed by atoms with Gasteiger partial charge in [0.2, 0.25) is 5.91 Å². The molecule has 0 aliphatic carbocycles. The number of benzene rings is 1. The topological polar surface area (TPSA) is 116 Å². The van der Waals surface area contributed by atoms with E-state index in [2.05, 4.69) is 10.6 Å². The average Bonchev–Trinajstić information content (AvgIpc) is 3.01. The zero-order valence-corrected chi connectivity index (χ0v) is 11.9. The van der Waals surface area contributed by atoms with Gasteiger partial charge in [-0.2, -0.15) is 0 Å². The Hall–Kier alpha value is -2.41. The third-order valence-corrected chi connectivity index (χ3v) is 3.63. The van der Waals surface area contributed by atoms with Crippen LogP contribution in [0.4, 0.5) is 0 Å². The maximum absolute atomic E-state index is 12.0. The minimum Gasteiger partial charge on any atom is -0.480 e. The van der Waals surface area contributed by atoms with E-state index in [0.29, 0.717) is 12.0 Å². The van der Waals surface area contributed by atoms with Crippen LogP contribution in [-0.4, -0.2) is 46.7 Å². The number of carbonyl (C=O) groups excluding carboxylic acids is 1. The molecule has 7 heteroatoms. The predicted molar refractivity (Wildman–Crippen MR) is 77.7 cm³/mol. The zero-order chi connectivity index (χ0) is 16.1. The maximum atomic E-state index is 12.0. The lowest BCUT2D eigenvalue weighted by molar-refractivity contribution is -0.142. The molecule has 0 saturated carbocycles. The third-order valence-electron chi connectivity index (χ3n) is 3.63.